The van der Waals surface area contributed by atoms with Gasteiger partial charge in [-0.2, -0.15) is 0 Å². The average Bonchev–Trinajstić information content (AvgIpc) is 3.04. The van der Waals surface area contributed by atoms with Crippen LogP contribution in [0.1, 0.15) is 0 Å². The molecule has 0 amide bonds. The number of nitrogens with zero attached hydrogens (tertiary/aromatic N) is 1. The number of fused-ring (bicyclic) bond motifs is 4. The molecule has 0 bridgehead atoms. The Hall–Kier alpha value is -4.60. The summed E-state index contributed by atoms with van der Waals surface area (Å²) >= 11 is 0. The molecular weight excluding hydrogens is 497 g/mol. The van der Waals surface area contributed by atoms with Crippen LogP contribution in [0.3, 0.4) is 0 Å². The van der Waals surface area contributed by atoms with Crippen molar-refractivity contribution in [3.63, 3.8) is 0 Å². The minimum Gasteiger partial charge on any atom is -0.345 e. The van der Waals surface area contributed by atoms with Gasteiger partial charge in [0, 0.05) is 24.0 Å². The molecule has 0 fully saturated rings. The van der Waals surface area contributed by atoms with Gasteiger partial charge in [0.15, 0.2) is 8.07 Å². The molecule has 2 heterocycles. The van der Waals surface area contributed by atoms with Gasteiger partial charge < -0.3 is 4.90 Å². The van der Waals surface area contributed by atoms with Gasteiger partial charge in [0.1, 0.15) is 0 Å². The first-order valence-corrected chi connectivity index (χ1v) is 16.1. The van der Waals surface area contributed by atoms with Crippen LogP contribution in [0.2, 0.25) is 0 Å². The predicted molar refractivity (Wildman–Crippen MR) is 175 cm³/mol. The largest absolute Gasteiger partial charge is 0.345 e. The summed E-state index contributed by atoms with van der Waals surface area (Å²) in [5.41, 5.74) is 9.48. The Kier molecular flexibility index (Phi) is 5.23. The molecule has 0 saturated heterocycles. The van der Waals surface area contributed by atoms with Crippen LogP contribution in [-0.2, 0) is 0 Å². The summed E-state index contributed by atoms with van der Waals surface area (Å²) < 4.78 is 0. The summed E-state index contributed by atoms with van der Waals surface area (Å²) in [6, 6.07) is 56.7. The van der Waals surface area contributed by atoms with Crippen LogP contribution in [0.15, 0.2) is 152 Å². The lowest BCUT2D eigenvalue weighted by Crippen LogP contribution is -2.87. The van der Waals surface area contributed by atoms with E-state index in [0.29, 0.717) is 0 Å². The number of para-hydroxylation sites is 1. The highest BCUT2D eigenvalue weighted by Gasteiger charge is 2.52. The predicted octanol–water partition coefficient (Wildman–Crippen LogP) is 3.64. The Morgan fingerprint density at radius 1 is 0.500 bits per heavy atom. The van der Waals surface area contributed by atoms with Crippen molar-refractivity contribution < 1.29 is 0 Å². The Balaban J connectivity index is 1.51. The highest BCUT2D eigenvalue weighted by atomic mass is 28.3. The van der Waals surface area contributed by atoms with E-state index in [9.17, 15) is 0 Å². The van der Waals surface area contributed by atoms with Gasteiger partial charge in [0.2, 0.25) is 6.71 Å². The van der Waals surface area contributed by atoms with Gasteiger partial charge in [0.25, 0.3) is 0 Å². The Morgan fingerprint density at radius 3 is 1.75 bits per heavy atom. The monoisotopic (exact) mass is 525 g/mol. The maximum atomic E-state index is 2.45. The minimum atomic E-state index is -2.59. The second kappa shape index (κ2) is 8.97. The Labute approximate surface area is 237 Å². The number of benzene rings is 6. The summed E-state index contributed by atoms with van der Waals surface area (Å²) in [5.74, 6) is 0. The molecule has 0 unspecified atom stereocenters. The van der Waals surface area contributed by atoms with Crippen molar-refractivity contribution in [2.75, 3.05) is 11.9 Å². The molecule has 6 aromatic rings. The van der Waals surface area contributed by atoms with Gasteiger partial charge in [-0.3, -0.25) is 0 Å². The van der Waals surface area contributed by atoms with E-state index in [1.54, 1.807) is 0 Å². The average molecular weight is 526 g/mol. The van der Waals surface area contributed by atoms with Crippen molar-refractivity contribution in [1.29, 1.82) is 0 Å². The fraction of sp³-hybridized carbons (Fsp3) is 0.0270. The zero-order valence-corrected chi connectivity index (χ0v) is 23.5. The van der Waals surface area contributed by atoms with Crippen molar-refractivity contribution in [1.82, 2.24) is 0 Å². The second-order valence-electron chi connectivity index (χ2n) is 10.9. The lowest BCUT2D eigenvalue weighted by Gasteiger charge is -2.47. The summed E-state index contributed by atoms with van der Waals surface area (Å²) in [6.07, 6.45) is 0. The SMILES string of the molecule is CN1c2cccc3c2B(c2ccccc2[Si]3(c2ccccc2)c2ccccc2)c2cccc(-c3ccccc3)c21. The standard InChI is InChI=1S/C37H28BNSi/c1-39-33-24-14-26-35-36(33)38(32-23-13-21-30(37(32)39)27-15-5-2-6-16-27)31-22-11-12-25-34(31)40(35,28-17-7-3-8-18-28)29-19-9-4-10-20-29/h2-26H,1H3. The quantitative estimate of drug-likeness (QED) is 0.319. The van der Waals surface area contributed by atoms with Gasteiger partial charge in [-0.05, 0) is 43.3 Å². The molecule has 3 heteroatoms. The zero-order chi connectivity index (χ0) is 26.7. The molecule has 0 N–H and O–H groups in total. The fourth-order valence-corrected chi connectivity index (χ4v) is 12.8. The summed E-state index contributed by atoms with van der Waals surface area (Å²) in [5, 5.41) is 5.88. The van der Waals surface area contributed by atoms with Crippen LogP contribution in [0.5, 0.6) is 0 Å². The van der Waals surface area contributed by atoms with Crippen LogP contribution in [0, 0.1) is 0 Å². The van der Waals surface area contributed by atoms with Gasteiger partial charge in [-0.1, -0.05) is 151 Å². The molecule has 0 aliphatic carbocycles. The molecule has 0 aromatic heterocycles. The molecule has 0 atom stereocenters. The Bertz CT molecular complexity index is 1830. The number of hydrogen-bond donors (Lipinski definition) is 0. The van der Waals surface area contributed by atoms with Crippen LogP contribution in [0.25, 0.3) is 11.1 Å². The molecule has 0 saturated carbocycles. The number of rotatable bonds is 3. The van der Waals surface area contributed by atoms with Crippen molar-refractivity contribution in [3.8, 4) is 11.1 Å². The molecule has 1 nitrogen and oxygen atoms in total. The van der Waals surface area contributed by atoms with Gasteiger partial charge >= 0.3 is 0 Å². The van der Waals surface area contributed by atoms with Crippen molar-refractivity contribution in [2.24, 2.45) is 0 Å². The highest BCUT2D eigenvalue weighted by molar-refractivity contribution is 7.26. The number of anilines is 2. The first-order valence-electron chi connectivity index (χ1n) is 14.1. The molecule has 2 aliphatic heterocycles. The summed E-state index contributed by atoms with van der Waals surface area (Å²) in [4.78, 5) is 2.45. The van der Waals surface area contributed by atoms with E-state index >= 15 is 0 Å². The third kappa shape index (κ3) is 3.10. The van der Waals surface area contributed by atoms with Crippen LogP contribution >= 0.6 is 0 Å². The lowest BCUT2D eigenvalue weighted by atomic mass is 9.34. The van der Waals surface area contributed by atoms with E-state index in [2.05, 4.69) is 164 Å². The maximum Gasteiger partial charge on any atom is 0.246 e. The first-order chi connectivity index (χ1) is 19.8. The van der Waals surface area contributed by atoms with E-state index in [1.807, 2.05) is 0 Å². The van der Waals surface area contributed by atoms with E-state index < -0.39 is 8.07 Å². The van der Waals surface area contributed by atoms with Crippen LogP contribution in [-0.4, -0.2) is 21.8 Å². The summed E-state index contributed by atoms with van der Waals surface area (Å²) in [6.45, 7) is 0.185. The smallest absolute Gasteiger partial charge is 0.246 e. The highest BCUT2D eigenvalue weighted by Crippen LogP contribution is 2.36. The van der Waals surface area contributed by atoms with Crippen molar-refractivity contribution in [2.45, 2.75) is 0 Å². The van der Waals surface area contributed by atoms with Crippen molar-refractivity contribution >= 4 is 63.3 Å². The lowest BCUT2D eigenvalue weighted by molar-refractivity contribution is 1.22. The fourth-order valence-electron chi connectivity index (χ4n) is 7.49. The molecule has 0 spiro atoms. The van der Waals surface area contributed by atoms with Gasteiger partial charge in [-0.15, -0.1) is 0 Å². The molecule has 40 heavy (non-hydrogen) atoms. The maximum absolute atomic E-state index is 2.59. The third-order valence-electron chi connectivity index (χ3n) is 9.02. The van der Waals surface area contributed by atoms with E-state index in [0.717, 1.165) is 0 Å². The normalized spacial score (nSPS) is 14.2. The van der Waals surface area contributed by atoms with Crippen LogP contribution < -0.4 is 42.0 Å². The molecule has 8 rings (SSSR count). The summed E-state index contributed by atoms with van der Waals surface area (Å²) in [7, 11) is -0.331. The second-order valence-corrected chi connectivity index (χ2v) is 14.6. The van der Waals surface area contributed by atoms with Crippen LogP contribution in [0.4, 0.5) is 11.4 Å². The molecular formula is C37H28BNSi. The molecule has 2 aliphatic rings. The first kappa shape index (κ1) is 23.3. The Morgan fingerprint density at radius 2 is 1.05 bits per heavy atom. The topological polar surface area (TPSA) is 3.24 Å². The van der Waals surface area contributed by atoms with Gasteiger partial charge in [-0.25, -0.2) is 0 Å². The minimum absolute atomic E-state index is 0.185. The zero-order valence-electron chi connectivity index (χ0n) is 22.5. The molecule has 188 valence electrons. The van der Waals surface area contributed by atoms with E-state index in [-0.39, 0.29) is 6.71 Å². The van der Waals surface area contributed by atoms with Gasteiger partial charge in [0.05, 0.1) is 0 Å². The number of hydrogen-bond acceptors (Lipinski definition) is 1. The van der Waals surface area contributed by atoms with E-state index in [1.165, 1.54) is 59.6 Å². The van der Waals surface area contributed by atoms with Crippen molar-refractivity contribution in [3.05, 3.63) is 152 Å². The molecule has 6 aromatic carbocycles. The molecule has 0 radical (unpaired) electrons. The van der Waals surface area contributed by atoms with E-state index in [4.69, 9.17) is 0 Å². The third-order valence-corrected chi connectivity index (χ3v) is 13.9.